The summed E-state index contributed by atoms with van der Waals surface area (Å²) in [5.41, 5.74) is 3.21. The molecule has 0 fully saturated rings. The van der Waals surface area contributed by atoms with Gasteiger partial charge < -0.3 is 9.84 Å². The molecule has 2 nitrogen and oxygen atoms in total. The molecule has 0 bridgehead atoms. The Bertz CT molecular complexity index is 736. The fourth-order valence-electron chi connectivity index (χ4n) is 4.13. The van der Waals surface area contributed by atoms with E-state index in [9.17, 15) is 5.11 Å². The summed E-state index contributed by atoms with van der Waals surface area (Å²) in [6, 6.07) is 3.96. The van der Waals surface area contributed by atoms with Crippen molar-refractivity contribution in [2.24, 2.45) is 5.92 Å². The summed E-state index contributed by atoms with van der Waals surface area (Å²) in [7, 11) is 0. The molecule has 1 aromatic rings. The highest BCUT2D eigenvalue weighted by atomic mass is 79.9. The molecule has 0 spiro atoms. The van der Waals surface area contributed by atoms with Crippen molar-refractivity contribution in [3.05, 3.63) is 34.9 Å². The molecule has 0 amide bonds. The predicted octanol–water partition coefficient (Wildman–Crippen LogP) is 5.72. The monoisotopic (exact) mass is 402 g/mol. The minimum Gasteiger partial charge on any atom is -0.508 e. The largest absolute Gasteiger partial charge is 0.508 e. The molecule has 25 heavy (non-hydrogen) atoms. The van der Waals surface area contributed by atoms with E-state index >= 15 is 0 Å². The second kappa shape index (κ2) is 7.46. The van der Waals surface area contributed by atoms with Gasteiger partial charge in [-0.1, -0.05) is 33.5 Å². The van der Waals surface area contributed by atoms with Crippen molar-refractivity contribution in [3.8, 4) is 23.3 Å². The molecular weight excluding hydrogens is 376 g/mol. The van der Waals surface area contributed by atoms with E-state index in [-0.39, 0.29) is 5.60 Å². The number of fused-ring (bicyclic) bond motifs is 3. The molecule has 1 aromatic carbocycles. The number of unbranched alkanes of at least 4 members (excludes halogenated alkanes) is 1. The SMILES string of the molecule is CC1=CC[C@@H]2[C@@H](C1)c1c(O)cc(CC#CCCCBr)cc1OC2(C)C. The number of halogens is 1. The normalized spacial score (nSPS) is 23.4. The van der Waals surface area contributed by atoms with Crippen LogP contribution in [0.5, 0.6) is 11.5 Å². The highest BCUT2D eigenvalue weighted by molar-refractivity contribution is 9.09. The zero-order valence-corrected chi connectivity index (χ0v) is 16.9. The van der Waals surface area contributed by atoms with E-state index in [1.54, 1.807) is 0 Å². The predicted molar refractivity (Wildman–Crippen MR) is 107 cm³/mol. The number of hydrogen-bond donors (Lipinski definition) is 1. The van der Waals surface area contributed by atoms with E-state index in [4.69, 9.17) is 4.74 Å². The molecule has 0 saturated carbocycles. The van der Waals surface area contributed by atoms with Crippen molar-refractivity contribution in [2.75, 3.05) is 5.33 Å². The first-order valence-electron chi connectivity index (χ1n) is 9.14. The molecule has 2 atom stereocenters. The van der Waals surface area contributed by atoms with Gasteiger partial charge in [-0.25, -0.2) is 0 Å². The Labute approximate surface area is 159 Å². The highest BCUT2D eigenvalue weighted by Gasteiger charge is 2.45. The smallest absolute Gasteiger partial charge is 0.127 e. The van der Waals surface area contributed by atoms with Crippen LogP contribution in [0.15, 0.2) is 23.8 Å². The Balaban J connectivity index is 1.90. The van der Waals surface area contributed by atoms with Gasteiger partial charge in [-0.15, -0.1) is 5.92 Å². The maximum absolute atomic E-state index is 10.7. The first-order chi connectivity index (χ1) is 11.9. The van der Waals surface area contributed by atoms with Crippen LogP contribution in [0.3, 0.4) is 0 Å². The summed E-state index contributed by atoms with van der Waals surface area (Å²) < 4.78 is 6.35. The number of aromatic hydroxyl groups is 1. The highest BCUT2D eigenvalue weighted by Crippen LogP contribution is 2.54. The van der Waals surface area contributed by atoms with Crippen LogP contribution in [0.25, 0.3) is 0 Å². The summed E-state index contributed by atoms with van der Waals surface area (Å²) in [6.07, 6.45) is 6.97. The quantitative estimate of drug-likeness (QED) is 0.303. The lowest BCUT2D eigenvalue weighted by molar-refractivity contribution is 0.00754. The van der Waals surface area contributed by atoms with Crippen LogP contribution in [0.2, 0.25) is 0 Å². The summed E-state index contributed by atoms with van der Waals surface area (Å²) >= 11 is 3.42. The second-order valence-corrected chi connectivity index (χ2v) is 8.55. The van der Waals surface area contributed by atoms with E-state index in [0.717, 1.165) is 47.9 Å². The van der Waals surface area contributed by atoms with Crippen molar-refractivity contribution in [1.29, 1.82) is 0 Å². The zero-order valence-electron chi connectivity index (χ0n) is 15.4. The van der Waals surface area contributed by atoms with Gasteiger partial charge in [0.1, 0.15) is 17.1 Å². The lowest BCUT2D eigenvalue weighted by atomic mass is 9.67. The molecule has 0 aromatic heterocycles. The number of alkyl halides is 1. The Morgan fingerprint density at radius 2 is 2.12 bits per heavy atom. The summed E-state index contributed by atoms with van der Waals surface area (Å²) in [5, 5.41) is 11.7. The molecule has 3 rings (SSSR count). The third kappa shape index (κ3) is 3.90. The van der Waals surface area contributed by atoms with Crippen molar-refractivity contribution < 1.29 is 9.84 Å². The van der Waals surface area contributed by atoms with Gasteiger partial charge in [0.05, 0.1) is 0 Å². The number of ether oxygens (including phenoxy) is 1. The van der Waals surface area contributed by atoms with E-state index in [2.05, 4.69) is 60.7 Å². The van der Waals surface area contributed by atoms with Crippen molar-refractivity contribution >= 4 is 15.9 Å². The fourth-order valence-corrected chi connectivity index (χ4v) is 4.41. The summed E-state index contributed by atoms with van der Waals surface area (Å²) in [5.74, 6) is 8.36. The van der Waals surface area contributed by atoms with Crippen LogP contribution in [-0.2, 0) is 6.42 Å². The standard InChI is InChI=1S/C22H27BrO2/c1-15-9-10-18-17(12-15)21-19(24)13-16(8-6-4-5-7-11-23)14-20(21)25-22(18,2)3/h9,13-14,17-18,24H,5,7-8,10-12H2,1-3H3/t17-,18-/m1/s1. The summed E-state index contributed by atoms with van der Waals surface area (Å²) in [6.45, 7) is 6.53. The van der Waals surface area contributed by atoms with Crippen LogP contribution in [0.1, 0.15) is 63.5 Å². The van der Waals surface area contributed by atoms with Gasteiger partial charge in [0.2, 0.25) is 0 Å². The number of benzene rings is 1. The topological polar surface area (TPSA) is 29.5 Å². The Morgan fingerprint density at radius 3 is 2.88 bits per heavy atom. The average Bonchev–Trinajstić information content (AvgIpc) is 2.53. The van der Waals surface area contributed by atoms with Gasteiger partial charge >= 0.3 is 0 Å². The molecule has 134 valence electrons. The minimum absolute atomic E-state index is 0.221. The van der Waals surface area contributed by atoms with Gasteiger partial charge in [0.15, 0.2) is 0 Å². The molecule has 1 N–H and O–H groups in total. The third-order valence-electron chi connectivity index (χ3n) is 5.42. The molecule has 0 radical (unpaired) electrons. The zero-order chi connectivity index (χ0) is 18.0. The van der Waals surface area contributed by atoms with Gasteiger partial charge in [-0.2, -0.15) is 0 Å². The van der Waals surface area contributed by atoms with Crippen LogP contribution < -0.4 is 4.74 Å². The van der Waals surface area contributed by atoms with Crippen LogP contribution in [-0.4, -0.2) is 16.0 Å². The lowest BCUT2D eigenvalue weighted by Gasteiger charge is -2.47. The molecule has 1 heterocycles. The number of rotatable bonds is 3. The molecule has 1 aliphatic heterocycles. The number of phenols is 1. The van der Waals surface area contributed by atoms with E-state index in [0.29, 0.717) is 24.0 Å². The Kier molecular flexibility index (Phi) is 5.49. The molecule has 2 aliphatic rings. The van der Waals surface area contributed by atoms with Crippen molar-refractivity contribution in [1.82, 2.24) is 0 Å². The molecule has 0 saturated heterocycles. The minimum atomic E-state index is -0.221. The lowest BCUT2D eigenvalue weighted by Crippen LogP contribution is -2.45. The maximum atomic E-state index is 10.7. The Morgan fingerprint density at radius 1 is 1.32 bits per heavy atom. The molecule has 0 unspecified atom stereocenters. The first-order valence-corrected chi connectivity index (χ1v) is 10.3. The van der Waals surface area contributed by atoms with E-state index in [1.165, 1.54) is 5.57 Å². The molecule has 3 heteroatoms. The van der Waals surface area contributed by atoms with Crippen molar-refractivity contribution in [2.45, 2.75) is 64.4 Å². The number of allylic oxidation sites excluding steroid dienone is 2. The molecule has 1 aliphatic carbocycles. The van der Waals surface area contributed by atoms with Crippen LogP contribution >= 0.6 is 15.9 Å². The molecular formula is C22H27BrO2. The van der Waals surface area contributed by atoms with E-state index in [1.807, 2.05) is 6.07 Å². The Hall–Kier alpha value is -1.40. The van der Waals surface area contributed by atoms with Gasteiger partial charge in [-0.05, 0) is 57.7 Å². The van der Waals surface area contributed by atoms with E-state index < -0.39 is 0 Å². The van der Waals surface area contributed by atoms with Gasteiger partial charge in [-0.3, -0.25) is 0 Å². The van der Waals surface area contributed by atoms with Gasteiger partial charge in [0, 0.05) is 35.6 Å². The van der Waals surface area contributed by atoms with Crippen molar-refractivity contribution in [3.63, 3.8) is 0 Å². The fraction of sp³-hybridized carbons (Fsp3) is 0.545. The van der Waals surface area contributed by atoms with Gasteiger partial charge in [0.25, 0.3) is 0 Å². The first kappa shape index (κ1) is 18.4. The number of phenolic OH excluding ortho intramolecular Hbond substituents is 1. The second-order valence-electron chi connectivity index (χ2n) is 7.76. The maximum Gasteiger partial charge on any atom is 0.127 e. The van der Waals surface area contributed by atoms with Crippen LogP contribution in [0, 0.1) is 17.8 Å². The van der Waals surface area contributed by atoms with Crippen LogP contribution in [0.4, 0.5) is 0 Å². The average molecular weight is 403 g/mol. The summed E-state index contributed by atoms with van der Waals surface area (Å²) in [4.78, 5) is 0. The number of hydrogen-bond acceptors (Lipinski definition) is 2. The third-order valence-corrected chi connectivity index (χ3v) is 5.98.